The third kappa shape index (κ3) is 3.78. The lowest BCUT2D eigenvalue weighted by Gasteiger charge is -2.27. The molecule has 0 fully saturated rings. The summed E-state index contributed by atoms with van der Waals surface area (Å²) in [5.41, 5.74) is 0. The van der Waals surface area contributed by atoms with Crippen molar-refractivity contribution in [3.05, 3.63) is 0 Å². The molecule has 0 aromatic rings. The van der Waals surface area contributed by atoms with E-state index in [2.05, 4.69) is 13.8 Å². The second-order valence-electron chi connectivity index (χ2n) is 4.28. The van der Waals surface area contributed by atoms with E-state index in [1.807, 2.05) is 13.0 Å². The standard InChI is InChI=1S/C11H20N2O/c1-8(2)6-10(4)13(5)11(14)9(3)7-12/h8-10H,6H2,1-5H3. The van der Waals surface area contributed by atoms with Crippen LogP contribution < -0.4 is 0 Å². The number of rotatable bonds is 4. The number of nitrogens with zero attached hydrogens (tertiary/aromatic N) is 2. The van der Waals surface area contributed by atoms with Crippen LogP contribution in [0.3, 0.4) is 0 Å². The van der Waals surface area contributed by atoms with Crippen LogP contribution in [0.2, 0.25) is 0 Å². The van der Waals surface area contributed by atoms with Gasteiger partial charge >= 0.3 is 0 Å². The molecule has 3 nitrogen and oxygen atoms in total. The van der Waals surface area contributed by atoms with Crippen molar-refractivity contribution in [3.8, 4) is 6.07 Å². The highest BCUT2D eigenvalue weighted by molar-refractivity contribution is 5.80. The number of hydrogen-bond donors (Lipinski definition) is 0. The Hall–Kier alpha value is -1.04. The topological polar surface area (TPSA) is 44.1 Å². The average Bonchev–Trinajstić information content (AvgIpc) is 2.13. The molecule has 2 unspecified atom stereocenters. The van der Waals surface area contributed by atoms with E-state index in [9.17, 15) is 4.79 Å². The molecular weight excluding hydrogens is 176 g/mol. The first kappa shape index (κ1) is 13.0. The van der Waals surface area contributed by atoms with Crippen LogP contribution >= 0.6 is 0 Å². The largest absolute Gasteiger partial charge is 0.342 e. The average molecular weight is 196 g/mol. The summed E-state index contributed by atoms with van der Waals surface area (Å²) in [5.74, 6) is -0.0482. The van der Waals surface area contributed by atoms with Gasteiger partial charge in [0.05, 0.1) is 6.07 Å². The van der Waals surface area contributed by atoms with Gasteiger partial charge in [0.2, 0.25) is 5.91 Å². The van der Waals surface area contributed by atoms with Crippen LogP contribution in [0.25, 0.3) is 0 Å². The Morgan fingerprint density at radius 3 is 2.21 bits per heavy atom. The van der Waals surface area contributed by atoms with Crippen LogP contribution in [0.1, 0.15) is 34.1 Å². The van der Waals surface area contributed by atoms with Gasteiger partial charge in [0.15, 0.2) is 0 Å². The fourth-order valence-corrected chi connectivity index (χ4v) is 1.42. The number of nitriles is 1. The highest BCUT2D eigenvalue weighted by Gasteiger charge is 2.21. The molecule has 0 bridgehead atoms. The lowest BCUT2D eigenvalue weighted by atomic mass is 10.0. The Bertz CT molecular complexity index is 230. The van der Waals surface area contributed by atoms with Crippen LogP contribution in [-0.2, 0) is 4.79 Å². The molecular formula is C11H20N2O. The van der Waals surface area contributed by atoms with Crippen molar-refractivity contribution in [2.24, 2.45) is 11.8 Å². The molecule has 0 radical (unpaired) electrons. The van der Waals surface area contributed by atoms with Gasteiger partial charge in [-0.25, -0.2) is 0 Å². The van der Waals surface area contributed by atoms with E-state index < -0.39 is 5.92 Å². The van der Waals surface area contributed by atoms with E-state index >= 15 is 0 Å². The summed E-state index contributed by atoms with van der Waals surface area (Å²) >= 11 is 0. The third-order valence-electron chi connectivity index (χ3n) is 2.39. The second kappa shape index (κ2) is 5.64. The monoisotopic (exact) mass is 196 g/mol. The Balaban J connectivity index is 4.25. The molecule has 0 saturated heterocycles. The molecule has 0 aliphatic carbocycles. The first-order valence-electron chi connectivity index (χ1n) is 5.06. The molecule has 80 valence electrons. The molecule has 14 heavy (non-hydrogen) atoms. The van der Waals surface area contributed by atoms with Crippen molar-refractivity contribution < 1.29 is 4.79 Å². The number of carbonyl (C=O) groups excluding carboxylic acids is 1. The van der Waals surface area contributed by atoms with E-state index in [0.29, 0.717) is 5.92 Å². The molecule has 2 atom stereocenters. The molecule has 0 spiro atoms. The van der Waals surface area contributed by atoms with Crippen molar-refractivity contribution >= 4 is 5.91 Å². The minimum Gasteiger partial charge on any atom is -0.342 e. The maximum absolute atomic E-state index is 11.6. The minimum atomic E-state index is -0.533. The van der Waals surface area contributed by atoms with Crippen molar-refractivity contribution in [2.45, 2.75) is 40.2 Å². The molecule has 0 rings (SSSR count). The summed E-state index contributed by atoms with van der Waals surface area (Å²) < 4.78 is 0. The molecule has 0 N–H and O–H groups in total. The molecule has 0 heterocycles. The predicted molar refractivity (Wildman–Crippen MR) is 56.5 cm³/mol. The zero-order valence-corrected chi connectivity index (χ0v) is 9.74. The van der Waals surface area contributed by atoms with E-state index in [1.54, 1.807) is 18.9 Å². The predicted octanol–water partition coefficient (Wildman–Crippen LogP) is 2.04. The SMILES string of the molecule is CC(C)CC(C)N(C)C(=O)C(C)C#N. The van der Waals surface area contributed by atoms with Gasteiger partial charge in [-0.3, -0.25) is 4.79 Å². The van der Waals surface area contributed by atoms with Gasteiger partial charge < -0.3 is 4.90 Å². The summed E-state index contributed by atoms with van der Waals surface area (Å²) in [7, 11) is 1.77. The number of amides is 1. The van der Waals surface area contributed by atoms with Crippen LogP contribution in [-0.4, -0.2) is 23.9 Å². The molecule has 0 aliphatic rings. The molecule has 0 saturated carbocycles. The van der Waals surface area contributed by atoms with E-state index in [4.69, 9.17) is 5.26 Å². The Morgan fingerprint density at radius 1 is 1.36 bits per heavy atom. The Labute approximate surface area is 86.7 Å². The van der Waals surface area contributed by atoms with Crippen molar-refractivity contribution in [1.29, 1.82) is 5.26 Å². The maximum Gasteiger partial charge on any atom is 0.239 e. The van der Waals surface area contributed by atoms with E-state index in [-0.39, 0.29) is 11.9 Å². The Morgan fingerprint density at radius 2 is 1.86 bits per heavy atom. The molecule has 1 amide bonds. The van der Waals surface area contributed by atoms with Gasteiger partial charge in [-0.2, -0.15) is 5.26 Å². The first-order chi connectivity index (χ1) is 6.40. The van der Waals surface area contributed by atoms with Gasteiger partial charge in [0.1, 0.15) is 5.92 Å². The van der Waals surface area contributed by atoms with Crippen molar-refractivity contribution in [2.75, 3.05) is 7.05 Å². The third-order valence-corrected chi connectivity index (χ3v) is 2.39. The second-order valence-corrected chi connectivity index (χ2v) is 4.28. The molecule has 0 aromatic heterocycles. The quantitative estimate of drug-likeness (QED) is 0.690. The Kier molecular flexibility index (Phi) is 5.22. The number of hydrogen-bond acceptors (Lipinski definition) is 2. The van der Waals surface area contributed by atoms with Crippen LogP contribution in [0.15, 0.2) is 0 Å². The lowest BCUT2D eigenvalue weighted by molar-refractivity contribution is -0.134. The summed E-state index contributed by atoms with van der Waals surface area (Å²) in [6, 6.07) is 2.17. The zero-order valence-electron chi connectivity index (χ0n) is 9.74. The van der Waals surface area contributed by atoms with Crippen LogP contribution in [0.5, 0.6) is 0 Å². The number of carbonyl (C=O) groups is 1. The smallest absolute Gasteiger partial charge is 0.239 e. The fraction of sp³-hybridized carbons (Fsp3) is 0.818. The summed E-state index contributed by atoms with van der Waals surface area (Å²) in [6.45, 7) is 7.91. The molecule has 0 aromatic carbocycles. The fourth-order valence-electron chi connectivity index (χ4n) is 1.42. The molecule has 3 heteroatoms. The van der Waals surface area contributed by atoms with Gasteiger partial charge in [-0.1, -0.05) is 13.8 Å². The normalized spacial score (nSPS) is 14.6. The van der Waals surface area contributed by atoms with Crippen molar-refractivity contribution in [3.63, 3.8) is 0 Å². The van der Waals surface area contributed by atoms with Gasteiger partial charge in [-0.15, -0.1) is 0 Å². The van der Waals surface area contributed by atoms with Gasteiger partial charge in [0, 0.05) is 13.1 Å². The first-order valence-corrected chi connectivity index (χ1v) is 5.06. The highest BCUT2D eigenvalue weighted by atomic mass is 16.2. The highest BCUT2D eigenvalue weighted by Crippen LogP contribution is 2.11. The zero-order chi connectivity index (χ0) is 11.3. The van der Waals surface area contributed by atoms with Crippen LogP contribution in [0, 0.1) is 23.2 Å². The molecule has 0 aliphatic heterocycles. The summed E-state index contributed by atoms with van der Waals surface area (Å²) in [4.78, 5) is 13.3. The van der Waals surface area contributed by atoms with E-state index in [1.165, 1.54) is 0 Å². The lowest BCUT2D eigenvalue weighted by Crippen LogP contribution is -2.38. The summed E-state index contributed by atoms with van der Waals surface area (Å²) in [6.07, 6.45) is 0.973. The maximum atomic E-state index is 11.6. The van der Waals surface area contributed by atoms with Gasteiger partial charge in [-0.05, 0) is 26.2 Å². The minimum absolute atomic E-state index is 0.0827. The van der Waals surface area contributed by atoms with Crippen LogP contribution in [0.4, 0.5) is 0 Å². The van der Waals surface area contributed by atoms with E-state index in [0.717, 1.165) is 6.42 Å². The van der Waals surface area contributed by atoms with Gasteiger partial charge in [0.25, 0.3) is 0 Å². The summed E-state index contributed by atoms with van der Waals surface area (Å²) in [5, 5.41) is 8.62. The van der Waals surface area contributed by atoms with Crippen molar-refractivity contribution in [1.82, 2.24) is 4.90 Å².